The van der Waals surface area contributed by atoms with Crippen LogP contribution >= 0.6 is 0 Å². The number of hydrogen-bond donors (Lipinski definition) is 1. The Bertz CT molecular complexity index is 833. The molecule has 0 bridgehead atoms. The minimum absolute atomic E-state index is 0.158. The number of ether oxygens (including phenoxy) is 2. The molecule has 3 rings (SSSR count). The predicted octanol–water partition coefficient (Wildman–Crippen LogP) is 2.42. The molecule has 128 valence electrons. The lowest BCUT2D eigenvalue weighted by Gasteiger charge is -2.25. The molecule has 2 aromatic carbocycles. The first-order valence-electron chi connectivity index (χ1n) is 7.82. The van der Waals surface area contributed by atoms with Crippen LogP contribution in [0.1, 0.15) is 16.7 Å². The van der Waals surface area contributed by atoms with Crippen molar-refractivity contribution >= 4 is 10.0 Å². The Hall–Kier alpha value is -1.89. The molecule has 0 radical (unpaired) electrons. The molecule has 0 saturated carbocycles. The molecule has 24 heavy (non-hydrogen) atoms. The maximum atomic E-state index is 12.5. The summed E-state index contributed by atoms with van der Waals surface area (Å²) >= 11 is 0. The Morgan fingerprint density at radius 3 is 2.67 bits per heavy atom. The zero-order chi connectivity index (χ0) is 17.2. The number of sulfonamides is 1. The summed E-state index contributed by atoms with van der Waals surface area (Å²) < 4.78 is 38.5. The van der Waals surface area contributed by atoms with Crippen LogP contribution in [0.5, 0.6) is 5.75 Å². The normalized spacial score (nSPS) is 17.3. The molecule has 1 heterocycles. The van der Waals surface area contributed by atoms with Gasteiger partial charge >= 0.3 is 0 Å². The van der Waals surface area contributed by atoms with Crippen molar-refractivity contribution < 1.29 is 17.9 Å². The van der Waals surface area contributed by atoms with Crippen molar-refractivity contribution in [1.82, 2.24) is 4.72 Å². The Kier molecular flexibility index (Phi) is 4.89. The Labute approximate surface area is 142 Å². The van der Waals surface area contributed by atoms with Gasteiger partial charge in [-0.1, -0.05) is 24.3 Å². The third-order valence-corrected chi connectivity index (χ3v) is 5.64. The van der Waals surface area contributed by atoms with Crippen LogP contribution in [0.2, 0.25) is 0 Å². The highest BCUT2D eigenvalue weighted by atomic mass is 32.2. The first-order chi connectivity index (χ1) is 11.5. The van der Waals surface area contributed by atoms with E-state index in [9.17, 15) is 8.42 Å². The van der Waals surface area contributed by atoms with Gasteiger partial charge in [-0.3, -0.25) is 0 Å². The number of benzene rings is 2. The van der Waals surface area contributed by atoms with Gasteiger partial charge < -0.3 is 9.47 Å². The van der Waals surface area contributed by atoms with Crippen LogP contribution in [0.15, 0.2) is 47.4 Å². The summed E-state index contributed by atoms with van der Waals surface area (Å²) in [5, 5.41) is 0. The van der Waals surface area contributed by atoms with Gasteiger partial charge in [0.1, 0.15) is 5.75 Å². The van der Waals surface area contributed by atoms with Crippen LogP contribution in [-0.2, 0) is 27.8 Å². The third-order valence-electron chi connectivity index (χ3n) is 4.22. The van der Waals surface area contributed by atoms with Crippen LogP contribution in [0.25, 0.3) is 0 Å². The van der Waals surface area contributed by atoms with E-state index in [2.05, 4.69) is 10.8 Å². The monoisotopic (exact) mass is 347 g/mol. The average Bonchev–Trinajstić information content (AvgIpc) is 2.60. The second kappa shape index (κ2) is 6.93. The number of fused-ring (bicyclic) bond motifs is 1. The molecule has 5 nitrogen and oxygen atoms in total. The molecule has 0 fully saturated rings. The maximum absolute atomic E-state index is 12.5. The summed E-state index contributed by atoms with van der Waals surface area (Å²) in [7, 11) is -2.01. The van der Waals surface area contributed by atoms with Crippen LogP contribution in [0, 0.1) is 6.92 Å². The van der Waals surface area contributed by atoms with E-state index in [4.69, 9.17) is 9.47 Å². The van der Waals surface area contributed by atoms with Gasteiger partial charge in [0.05, 0.1) is 24.7 Å². The smallest absolute Gasteiger partial charge is 0.240 e. The molecular formula is C18H21NO4S. The van der Waals surface area contributed by atoms with Crippen molar-refractivity contribution in [3.05, 3.63) is 59.2 Å². The maximum Gasteiger partial charge on any atom is 0.240 e. The van der Waals surface area contributed by atoms with Crippen molar-refractivity contribution in [1.29, 1.82) is 0 Å². The van der Waals surface area contributed by atoms with Crippen LogP contribution in [0.4, 0.5) is 0 Å². The van der Waals surface area contributed by atoms with E-state index in [0.29, 0.717) is 18.8 Å². The van der Waals surface area contributed by atoms with Crippen molar-refractivity contribution in [3.63, 3.8) is 0 Å². The second-order valence-electron chi connectivity index (χ2n) is 5.89. The van der Waals surface area contributed by atoms with E-state index in [0.717, 1.165) is 5.56 Å². The fourth-order valence-electron chi connectivity index (χ4n) is 2.84. The molecule has 0 spiro atoms. The Morgan fingerprint density at radius 1 is 1.21 bits per heavy atom. The fraction of sp³-hybridized carbons (Fsp3) is 0.333. The SMILES string of the molecule is COc1ccc(S(=O)(=O)NCC2Cc3ccccc3CO2)cc1C. The zero-order valence-electron chi connectivity index (χ0n) is 13.8. The summed E-state index contributed by atoms with van der Waals surface area (Å²) in [6, 6.07) is 12.9. The third kappa shape index (κ3) is 3.61. The largest absolute Gasteiger partial charge is 0.496 e. The zero-order valence-corrected chi connectivity index (χ0v) is 14.6. The lowest BCUT2D eigenvalue weighted by Crippen LogP contribution is -2.36. The summed E-state index contributed by atoms with van der Waals surface area (Å²) in [6.07, 6.45) is 0.550. The van der Waals surface area contributed by atoms with E-state index in [1.807, 2.05) is 25.1 Å². The molecular weight excluding hydrogens is 326 g/mol. The van der Waals surface area contributed by atoms with Crippen molar-refractivity contribution in [2.24, 2.45) is 0 Å². The molecule has 1 N–H and O–H groups in total. The molecule has 0 aromatic heterocycles. The highest BCUT2D eigenvalue weighted by Gasteiger charge is 2.22. The molecule has 1 aliphatic heterocycles. The second-order valence-corrected chi connectivity index (χ2v) is 7.66. The number of hydrogen-bond acceptors (Lipinski definition) is 4. The predicted molar refractivity (Wildman–Crippen MR) is 91.6 cm³/mol. The molecule has 0 amide bonds. The van der Waals surface area contributed by atoms with Gasteiger partial charge in [-0.05, 0) is 41.8 Å². The van der Waals surface area contributed by atoms with Crippen molar-refractivity contribution in [3.8, 4) is 5.75 Å². The van der Waals surface area contributed by atoms with Gasteiger partial charge in [-0.2, -0.15) is 0 Å². The van der Waals surface area contributed by atoms with Crippen molar-refractivity contribution in [2.45, 2.75) is 31.0 Å². The summed E-state index contributed by atoms with van der Waals surface area (Å²) in [5.74, 6) is 0.668. The Morgan fingerprint density at radius 2 is 1.96 bits per heavy atom. The standard InChI is InChI=1S/C18H21NO4S/c1-13-9-17(7-8-18(13)22-2)24(20,21)19-11-16-10-14-5-3-4-6-15(14)12-23-16/h3-9,16,19H,10-12H2,1-2H3. The molecule has 1 aliphatic rings. The van der Waals surface area contributed by atoms with Crippen LogP contribution < -0.4 is 9.46 Å². The molecule has 0 saturated heterocycles. The molecule has 1 atom stereocenters. The van der Waals surface area contributed by atoms with E-state index >= 15 is 0 Å². The van der Waals surface area contributed by atoms with Crippen molar-refractivity contribution in [2.75, 3.05) is 13.7 Å². The van der Waals surface area contributed by atoms with Crippen LogP contribution in [0.3, 0.4) is 0 Å². The summed E-state index contributed by atoms with van der Waals surface area (Å²) in [4.78, 5) is 0.233. The van der Waals surface area contributed by atoms with Gasteiger partial charge in [0.2, 0.25) is 10.0 Å². The molecule has 2 aromatic rings. The topological polar surface area (TPSA) is 64.6 Å². The highest BCUT2D eigenvalue weighted by Crippen LogP contribution is 2.22. The van der Waals surface area contributed by atoms with E-state index in [1.54, 1.807) is 25.3 Å². The summed E-state index contributed by atoms with van der Waals surface area (Å²) in [5.41, 5.74) is 3.17. The van der Waals surface area contributed by atoms with Gasteiger partial charge in [0.15, 0.2) is 0 Å². The minimum Gasteiger partial charge on any atom is -0.496 e. The number of rotatable bonds is 5. The lowest BCUT2D eigenvalue weighted by molar-refractivity contribution is 0.0322. The van der Waals surface area contributed by atoms with E-state index in [1.165, 1.54) is 11.1 Å². The minimum atomic E-state index is -3.57. The quantitative estimate of drug-likeness (QED) is 0.902. The number of methoxy groups -OCH3 is 1. The summed E-state index contributed by atoms with van der Waals surface area (Å²) in [6.45, 7) is 2.59. The first kappa shape index (κ1) is 17.0. The number of aryl methyl sites for hydroxylation is 1. The van der Waals surface area contributed by atoms with Gasteiger partial charge in [0, 0.05) is 13.0 Å². The van der Waals surface area contributed by atoms with Gasteiger partial charge in [-0.15, -0.1) is 0 Å². The molecule has 6 heteroatoms. The van der Waals surface area contributed by atoms with Gasteiger partial charge in [0.25, 0.3) is 0 Å². The number of nitrogens with one attached hydrogen (secondary N) is 1. The Balaban J connectivity index is 1.67. The molecule has 0 aliphatic carbocycles. The fourth-order valence-corrected chi connectivity index (χ4v) is 4.00. The highest BCUT2D eigenvalue weighted by molar-refractivity contribution is 7.89. The van der Waals surface area contributed by atoms with Crippen LogP contribution in [-0.4, -0.2) is 28.2 Å². The average molecular weight is 347 g/mol. The van der Waals surface area contributed by atoms with E-state index < -0.39 is 10.0 Å². The lowest BCUT2D eigenvalue weighted by atomic mass is 9.99. The van der Waals surface area contributed by atoms with Gasteiger partial charge in [-0.25, -0.2) is 13.1 Å². The molecule has 1 unspecified atom stereocenters. The first-order valence-corrected chi connectivity index (χ1v) is 9.30. The van der Waals surface area contributed by atoms with E-state index in [-0.39, 0.29) is 17.5 Å².